The molecule has 3 N–H and O–H groups in total. The molecule has 1 saturated carbocycles. The molecule has 0 amide bonds. The molecule has 5 heteroatoms. The van der Waals surface area contributed by atoms with E-state index >= 15 is 0 Å². The average Bonchev–Trinajstić information content (AvgIpc) is 2.79. The van der Waals surface area contributed by atoms with Crippen molar-refractivity contribution in [2.75, 3.05) is 0 Å². The van der Waals surface area contributed by atoms with Gasteiger partial charge < -0.3 is 20.1 Å². The third kappa shape index (κ3) is 1.85. The van der Waals surface area contributed by atoms with Crippen molar-refractivity contribution >= 4 is 5.97 Å². The van der Waals surface area contributed by atoms with E-state index in [9.17, 15) is 20.1 Å². The Kier molecular flexibility index (Phi) is 3.28. The normalized spacial score (nSPS) is 35.3. The van der Waals surface area contributed by atoms with Crippen LogP contribution in [-0.2, 0) is 14.9 Å². The molecule has 4 rings (SSSR count). The van der Waals surface area contributed by atoms with E-state index in [1.165, 1.54) is 0 Å². The number of aliphatic hydroxyl groups is 1. The summed E-state index contributed by atoms with van der Waals surface area (Å²) < 4.78 is 5.67. The first-order chi connectivity index (χ1) is 11.6. The standard InChI is InChI=1S/C20H26O5/c1-9(2)10-8-11-12(15(23)13(10)21)20-7-5-6-19(3,4)17(20)16(14(11)22)25-18(20)24/h8-9,14,16-17,21-23H,5-7H2,1-4H3/t14-,16+,17-,20-/m0/s1. The molecule has 25 heavy (non-hydrogen) atoms. The Labute approximate surface area is 147 Å². The summed E-state index contributed by atoms with van der Waals surface area (Å²) in [5.41, 5.74) is 0.319. The molecular formula is C20H26O5. The van der Waals surface area contributed by atoms with Crippen LogP contribution in [-0.4, -0.2) is 27.4 Å². The van der Waals surface area contributed by atoms with Crippen molar-refractivity contribution < 1.29 is 24.9 Å². The molecule has 5 nitrogen and oxygen atoms in total. The number of carbonyl (C=O) groups excluding carboxylic acids is 1. The molecule has 0 spiro atoms. The summed E-state index contributed by atoms with van der Waals surface area (Å²) >= 11 is 0. The second-order valence-corrected chi connectivity index (χ2v) is 8.89. The van der Waals surface area contributed by atoms with Crippen LogP contribution in [0.4, 0.5) is 0 Å². The van der Waals surface area contributed by atoms with Crippen LogP contribution in [0.3, 0.4) is 0 Å². The van der Waals surface area contributed by atoms with Crippen LogP contribution < -0.4 is 0 Å². The lowest BCUT2D eigenvalue weighted by molar-refractivity contribution is -0.148. The van der Waals surface area contributed by atoms with Gasteiger partial charge in [0.2, 0.25) is 0 Å². The van der Waals surface area contributed by atoms with E-state index in [1.54, 1.807) is 6.07 Å². The number of benzene rings is 1. The number of hydrogen-bond acceptors (Lipinski definition) is 5. The number of rotatable bonds is 1. The smallest absolute Gasteiger partial charge is 0.317 e. The van der Waals surface area contributed by atoms with E-state index in [4.69, 9.17) is 4.74 Å². The third-order valence-electron chi connectivity index (χ3n) is 6.73. The van der Waals surface area contributed by atoms with Crippen LogP contribution >= 0.6 is 0 Å². The van der Waals surface area contributed by atoms with Gasteiger partial charge in [-0.25, -0.2) is 0 Å². The Bertz CT molecular complexity index is 766. The molecule has 1 aliphatic heterocycles. The van der Waals surface area contributed by atoms with Gasteiger partial charge in [0.05, 0.1) is 0 Å². The van der Waals surface area contributed by atoms with Crippen LogP contribution in [0, 0.1) is 11.3 Å². The monoisotopic (exact) mass is 346 g/mol. The molecule has 0 unspecified atom stereocenters. The Balaban J connectivity index is 2.06. The van der Waals surface area contributed by atoms with Gasteiger partial charge in [-0.3, -0.25) is 4.79 Å². The summed E-state index contributed by atoms with van der Waals surface area (Å²) in [4.78, 5) is 13.0. The minimum atomic E-state index is -0.985. The van der Waals surface area contributed by atoms with Crippen LogP contribution in [0.2, 0.25) is 0 Å². The van der Waals surface area contributed by atoms with Gasteiger partial charge in [0.1, 0.15) is 17.6 Å². The minimum Gasteiger partial charge on any atom is -0.504 e. The first-order valence-corrected chi connectivity index (χ1v) is 9.11. The van der Waals surface area contributed by atoms with Crippen molar-refractivity contribution in [2.45, 2.75) is 70.5 Å². The third-order valence-corrected chi connectivity index (χ3v) is 6.73. The SMILES string of the molecule is CC(C)c1cc2c(c(O)c1O)[C@@]13CCCC(C)(C)[C@@H]1[C@H](OC3=O)[C@H]2O. The fourth-order valence-electron chi connectivity index (χ4n) is 5.70. The van der Waals surface area contributed by atoms with E-state index in [2.05, 4.69) is 13.8 Å². The van der Waals surface area contributed by atoms with E-state index in [1.807, 2.05) is 13.8 Å². The maximum absolute atomic E-state index is 13.0. The zero-order valence-corrected chi connectivity index (χ0v) is 15.2. The van der Waals surface area contributed by atoms with E-state index in [0.29, 0.717) is 23.1 Å². The molecule has 2 fully saturated rings. The predicted molar refractivity (Wildman–Crippen MR) is 91.5 cm³/mol. The molecule has 0 radical (unpaired) electrons. The Morgan fingerprint density at radius 2 is 1.88 bits per heavy atom. The second kappa shape index (κ2) is 4.91. The van der Waals surface area contributed by atoms with E-state index in [-0.39, 0.29) is 34.7 Å². The van der Waals surface area contributed by atoms with Crippen molar-refractivity contribution in [3.63, 3.8) is 0 Å². The molecule has 136 valence electrons. The summed E-state index contributed by atoms with van der Waals surface area (Å²) in [6.07, 6.45) is 0.767. The van der Waals surface area contributed by atoms with Gasteiger partial charge in [-0.05, 0) is 35.8 Å². The molecule has 1 aromatic carbocycles. The van der Waals surface area contributed by atoms with Gasteiger partial charge in [0.15, 0.2) is 11.5 Å². The molecule has 2 aliphatic carbocycles. The fourth-order valence-corrected chi connectivity index (χ4v) is 5.70. The number of aliphatic hydroxyl groups excluding tert-OH is 1. The van der Waals surface area contributed by atoms with Gasteiger partial charge in [-0.15, -0.1) is 0 Å². The first-order valence-electron chi connectivity index (χ1n) is 9.11. The zero-order valence-electron chi connectivity index (χ0n) is 15.2. The van der Waals surface area contributed by atoms with Crippen molar-refractivity contribution in [3.8, 4) is 11.5 Å². The Morgan fingerprint density at radius 3 is 2.52 bits per heavy atom. The van der Waals surface area contributed by atoms with Crippen LogP contribution in [0.5, 0.6) is 11.5 Å². The lowest BCUT2D eigenvalue weighted by atomic mass is 9.49. The van der Waals surface area contributed by atoms with Crippen molar-refractivity contribution in [3.05, 3.63) is 22.8 Å². The zero-order chi connectivity index (χ0) is 18.3. The van der Waals surface area contributed by atoms with Gasteiger partial charge in [-0.1, -0.05) is 34.1 Å². The topological polar surface area (TPSA) is 87.0 Å². The van der Waals surface area contributed by atoms with E-state index in [0.717, 1.165) is 12.8 Å². The number of ether oxygens (including phenoxy) is 1. The lowest BCUT2D eigenvalue weighted by Crippen LogP contribution is -2.54. The van der Waals surface area contributed by atoms with E-state index < -0.39 is 17.6 Å². The highest BCUT2D eigenvalue weighted by Crippen LogP contribution is 2.66. The number of esters is 1. The number of aromatic hydroxyl groups is 2. The highest BCUT2D eigenvalue weighted by Gasteiger charge is 2.70. The highest BCUT2D eigenvalue weighted by molar-refractivity contribution is 5.90. The summed E-state index contributed by atoms with van der Waals surface area (Å²) in [7, 11) is 0. The lowest BCUT2D eigenvalue weighted by Gasteiger charge is -2.51. The number of phenols is 2. The van der Waals surface area contributed by atoms with Gasteiger partial charge in [-0.2, -0.15) is 0 Å². The predicted octanol–water partition coefficient (Wildman–Crippen LogP) is 3.26. The van der Waals surface area contributed by atoms with Crippen molar-refractivity contribution in [1.29, 1.82) is 0 Å². The average molecular weight is 346 g/mol. The Hall–Kier alpha value is -1.75. The van der Waals surface area contributed by atoms with Gasteiger partial charge in [0, 0.05) is 17.0 Å². The molecular weight excluding hydrogens is 320 g/mol. The number of fused-ring (bicyclic) bond motifs is 1. The molecule has 1 heterocycles. The first kappa shape index (κ1) is 16.7. The van der Waals surface area contributed by atoms with Crippen LogP contribution in [0.1, 0.15) is 75.7 Å². The van der Waals surface area contributed by atoms with Crippen LogP contribution in [0.15, 0.2) is 6.07 Å². The Morgan fingerprint density at radius 1 is 1.20 bits per heavy atom. The minimum absolute atomic E-state index is 0.0179. The molecule has 0 aromatic heterocycles. The second-order valence-electron chi connectivity index (χ2n) is 8.89. The van der Waals surface area contributed by atoms with Crippen molar-refractivity contribution in [1.82, 2.24) is 0 Å². The quantitative estimate of drug-likeness (QED) is 0.537. The molecule has 3 aliphatic rings. The maximum Gasteiger partial charge on any atom is 0.317 e. The van der Waals surface area contributed by atoms with Crippen LogP contribution in [0.25, 0.3) is 0 Å². The summed E-state index contributed by atoms with van der Waals surface area (Å²) in [6.45, 7) is 8.02. The number of carbonyl (C=O) groups is 1. The number of phenolic OH excluding ortho intramolecular Hbond substituents is 2. The fraction of sp³-hybridized carbons (Fsp3) is 0.650. The molecule has 4 atom stereocenters. The summed E-state index contributed by atoms with van der Waals surface area (Å²) in [5.74, 6) is -1.05. The molecule has 2 bridgehead atoms. The largest absolute Gasteiger partial charge is 0.504 e. The van der Waals surface area contributed by atoms with Gasteiger partial charge in [0.25, 0.3) is 0 Å². The molecule has 1 saturated heterocycles. The van der Waals surface area contributed by atoms with Gasteiger partial charge >= 0.3 is 5.97 Å². The summed E-state index contributed by atoms with van der Waals surface area (Å²) in [6, 6.07) is 1.74. The maximum atomic E-state index is 13.0. The molecule has 1 aromatic rings. The summed E-state index contributed by atoms with van der Waals surface area (Å²) in [5, 5.41) is 32.4. The van der Waals surface area contributed by atoms with Crippen molar-refractivity contribution in [2.24, 2.45) is 11.3 Å². The highest BCUT2D eigenvalue weighted by atomic mass is 16.6. The number of hydrogen-bond donors (Lipinski definition) is 3.